The van der Waals surface area contributed by atoms with Crippen LogP contribution in [0.1, 0.15) is 29.8 Å². The highest BCUT2D eigenvalue weighted by atomic mass is 32.2. The predicted molar refractivity (Wildman–Crippen MR) is 114 cm³/mol. The van der Waals surface area contributed by atoms with Crippen LogP contribution >= 0.6 is 0 Å². The predicted octanol–water partition coefficient (Wildman–Crippen LogP) is 3.15. The molecule has 0 radical (unpaired) electrons. The van der Waals surface area contributed by atoms with Crippen LogP contribution in [-0.4, -0.2) is 52.8 Å². The Morgan fingerprint density at radius 1 is 0.966 bits per heavy atom. The van der Waals surface area contributed by atoms with Gasteiger partial charge in [-0.3, -0.25) is 9.10 Å². The third-order valence-electron chi connectivity index (χ3n) is 4.62. The molecule has 0 saturated carbocycles. The monoisotopic (exact) mass is 420 g/mol. The topological polar surface area (TPSA) is 76.2 Å². The molecule has 2 aromatic rings. The molecule has 0 aliphatic rings. The Kier molecular flexibility index (Phi) is 7.50. The Balaban J connectivity index is 2.71. The van der Waals surface area contributed by atoms with Crippen LogP contribution in [0.25, 0.3) is 0 Å². The molecule has 2 aromatic carbocycles. The first-order valence-electron chi connectivity index (χ1n) is 9.33. The van der Waals surface area contributed by atoms with Crippen molar-refractivity contribution in [3.8, 4) is 11.5 Å². The van der Waals surface area contributed by atoms with Crippen LogP contribution in [0.2, 0.25) is 0 Å². The zero-order valence-electron chi connectivity index (χ0n) is 17.5. The lowest BCUT2D eigenvalue weighted by molar-refractivity contribution is 0.0773. The number of ether oxygens (including phenoxy) is 2. The van der Waals surface area contributed by atoms with Crippen LogP contribution in [0, 0.1) is 0 Å². The lowest BCUT2D eigenvalue weighted by Crippen LogP contribution is -2.35. The van der Waals surface area contributed by atoms with Crippen LogP contribution in [0.3, 0.4) is 0 Å². The first-order valence-corrected chi connectivity index (χ1v) is 11.2. The van der Waals surface area contributed by atoms with Crippen molar-refractivity contribution in [3.05, 3.63) is 53.6 Å². The second kappa shape index (κ2) is 9.65. The number of hydrogen-bond acceptors (Lipinski definition) is 5. The van der Waals surface area contributed by atoms with Crippen LogP contribution in [0.4, 0.5) is 5.69 Å². The van der Waals surface area contributed by atoms with E-state index >= 15 is 0 Å². The quantitative estimate of drug-likeness (QED) is 0.623. The van der Waals surface area contributed by atoms with E-state index in [-0.39, 0.29) is 23.7 Å². The maximum Gasteiger partial charge on any atom is 0.256 e. The van der Waals surface area contributed by atoms with Gasteiger partial charge in [0.05, 0.1) is 38.3 Å². The number of benzene rings is 2. The standard InChI is InChI=1S/C21H28N2O5S/c1-6-22(7-2)21(24)17-13-19(27-3)20(28-4)14-18(17)23(29(5,25)26)15-16-11-9-8-10-12-16/h8-14H,6-7,15H2,1-5H3. The van der Waals surface area contributed by atoms with Crippen molar-refractivity contribution in [2.75, 3.05) is 37.9 Å². The van der Waals surface area contributed by atoms with Gasteiger partial charge in [-0.05, 0) is 25.5 Å². The minimum atomic E-state index is -3.69. The lowest BCUT2D eigenvalue weighted by atomic mass is 10.1. The summed E-state index contributed by atoms with van der Waals surface area (Å²) in [6, 6.07) is 12.3. The van der Waals surface area contributed by atoms with Crippen LogP contribution in [0.5, 0.6) is 11.5 Å². The molecule has 2 rings (SSSR count). The molecule has 158 valence electrons. The Bertz CT molecular complexity index is 941. The fourth-order valence-corrected chi connectivity index (χ4v) is 3.95. The van der Waals surface area contributed by atoms with Gasteiger partial charge >= 0.3 is 0 Å². The van der Waals surface area contributed by atoms with E-state index in [0.29, 0.717) is 24.6 Å². The fraction of sp³-hybridized carbons (Fsp3) is 0.381. The summed E-state index contributed by atoms with van der Waals surface area (Å²) in [5, 5.41) is 0. The highest BCUT2D eigenvalue weighted by Crippen LogP contribution is 2.37. The maximum absolute atomic E-state index is 13.2. The number of rotatable bonds is 9. The molecule has 0 unspecified atom stereocenters. The summed E-state index contributed by atoms with van der Waals surface area (Å²) in [5.41, 5.74) is 1.30. The molecule has 0 fully saturated rings. The van der Waals surface area contributed by atoms with Crippen molar-refractivity contribution in [1.82, 2.24) is 4.90 Å². The maximum atomic E-state index is 13.2. The molecule has 0 N–H and O–H groups in total. The minimum absolute atomic E-state index is 0.0910. The molecule has 0 bridgehead atoms. The molecule has 0 aliphatic heterocycles. The van der Waals surface area contributed by atoms with E-state index in [1.165, 1.54) is 24.6 Å². The first kappa shape index (κ1) is 22.5. The summed E-state index contributed by atoms with van der Waals surface area (Å²) in [6.45, 7) is 4.84. The van der Waals surface area contributed by atoms with Crippen molar-refractivity contribution in [2.45, 2.75) is 20.4 Å². The molecule has 0 atom stereocenters. The molecule has 0 spiro atoms. The van der Waals surface area contributed by atoms with Crippen molar-refractivity contribution >= 4 is 21.6 Å². The average Bonchev–Trinajstić information content (AvgIpc) is 2.71. The highest BCUT2D eigenvalue weighted by molar-refractivity contribution is 7.92. The summed E-state index contributed by atoms with van der Waals surface area (Å²) < 4.78 is 37.3. The number of amides is 1. The SMILES string of the molecule is CCN(CC)C(=O)c1cc(OC)c(OC)cc1N(Cc1ccccc1)S(C)(=O)=O. The van der Waals surface area contributed by atoms with Gasteiger partial charge in [0, 0.05) is 19.2 Å². The van der Waals surface area contributed by atoms with E-state index in [9.17, 15) is 13.2 Å². The molecule has 7 nitrogen and oxygen atoms in total. The molecule has 0 aliphatic carbocycles. The van der Waals surface area contributed by atoms with Gasteiger partial charge in [0.15, 0.2) is 11.5 Å². The minimum Gasteiger partial charge on any atom is -0.493 e. The molecule has 29 heavy (non-hydrogen) atoms. The van der Waals surface area contributed by atoms with E-state index in [1.54, 1.807) is 11.0 Å². The van der Waals surface area contributed by atoms with Gasteiger partial charge in [-0.1, -0.05) is 30.3 Å². The van der Waals surface area contributed by atoms with Crippen molar-refractivity contribution in [2.24, 2.45) is 0 Å². The third-order valence-corrected chi connectivity index (χ3v) is 5.75. The summed E-state index contributed by atoms with van der Waals surface area (Å²) in [5.74, 6) is 0.438. The zero-order chi connectivity index (χ0) is 21.6. The number of carbonyl (C=O) groups is 1. The zero-order valence-corrected chi connectivity index (χ0v) is 18.3. The van der Waals surface area contributed by atoms with Gasteiger partial charge in [-0.2, -0.15) is 0 Å². The van der Waals surface area contributed by atoms with Gasteiger partial charge in [-0.15, -0.1) is 0 Å². The molecular weight excluding hydrogens is 392 g/mol. The summed E-state index contributed by atoms with van der Waals surface area (Å²) in [7, 11) is -0.748. The smallest absolute Gasteiger partial charge is 0.256 e. The van der Waals surface area contributed by atoms with E-state index in [0.717, 1.165) is 11.8 Å². The molecule has 0 heterocycles. The number of hydrogen-bond donors (Lipinski definition) is 0. The van der Waals surface area contributed by atoms with Crippen molar-refractivity contribution in [1.29, 1.82) is 0 Å². The Labute approximate surface area is 172 Å². The van der Waals surface area contributed by atoms with Crippen LogP contribution in [0.15, 0.2) is 42.5 Å². The highest BCUT2D eigenvalue weighted by Gasteiger charge is 2.28. The number of methoxy groups -OCH3 is 2. The summed E-state index contributed by atoms with van der Waals surface area (Å²) in [4.78, 5) is 14.8. The fourth-order valence-electron chi connectivity index (χ4n) is 3.06. The molecule has 8 heteroatoms. The number of nitrogens with zero attached hydrogens (tertiary/aromatic N) is 2. The molecular formula is C21H28N2O5S. The Morgan fingerprint density at radius 3 is 2.00 bits per heavy atom. The second-order valence-corrected chi connectivity index (χ2v) is 8.36. The van der Waals surface area contributed by atoms with Gasteiger partial charge in [-0.25, -0.2) is 8.42 Å². The number of sulfonamides is 1. The lowest BCUT2D eigenvalue weighted by Gasteiger charge is -2.28. The third kappa shape index (κ3) is 5.20. The van der Waals surface area contributed by atoms with E-state index in [1.807, 2.05) is 44.2 Å². The van der Waals surface area contributed by atoms with Crippen LogP contribution < -0.4 is 13.8 Å². The second-order valence-electron chi connectivity index (χ2n) is 6.46. The largest absolute Gasteiger partial charge is 0.493 e. The average molecular weight is 421 g/mol. The van der Waals surface area contributed by atoms with Gasteiger partial charge in [0.25, 0.3) is 5.91 Å². The molecule has 0 aromatic heterocycles. The van der Waals surface area contributed by atoms with Gasteiger partial charge < -0.3 is 14.4 Å². The molecule has 1 amide bonds. The van der Waals surface area contributed by atoms with Crippen molar-refractivity contribution in [3.63, 3.8) is 0 Å². The first-order chi connectivity index (χ1) is 13.8. The van der Waals surface area contributed by atoms with E-state index in [4.69, 9.17) is 9.47 Å². The molecule has 0 saturated heterocycles. The van der Waals surface area contributed by atoms with Gasteiger partial charge in [0.1, 0.15) is 0 Å². The van der Waals surface area contributed by atoms with E-state index in [2.05, 4.69) is 0 Å². The Morgan fingerprint density at radius 2 is 1.52 bits per heavy atom. The summed E-state index contributed by atoms with van der Waals surface area (Å²) in [6.07, 6.45) is 1.12. The Hall–Kier alpha value is -2.74. The normalized spacial score (nSPS) is 11.1. The van der Waals surface area contributed by atoms with Crippen LogP contribution in [-0.2, 0) is 16.6 Å². The van der Waals surface area contributed by atoms with Gasteiger partial charge in [0.2, 0.25) is 10.0 Å². The number of carbonyl (C=O) groups excluding carboxylic acids is 1. The van der Waals surface area contributed by atoms with E-state index < -0.39 is 10.0 Å². The summed E-state index contributed by atoms with van der Waals surface area (Å²) >= 11 is 0. The van der Waals surface area contributed by atoms with Crippen molar-refractivity contribution < 1.29 is 22.7 Å². The number of anilines is 1.